The molecule has 0 atom stereocenters. The number of aromatic nitrogens is 4. The Morgan fingerprint density at radius 2 is 2.24 bits per heavy atom. The molecular weight excluding hydrogens is 234 g/mol. The van der Waals surface area contributed by atoms with E-state index >= 15 is 0 Å². The summed E-state index contributed by atoms with van der Waals surface area (Å²) < 4.78 is 1.85. The number of hydrogen-bond acceptors (Lipinski definition) is 5. The van der Waals surface area contributed by atoms with Gasteiger partial charge in [0.2, 0.25) is 5.13 Å². The first kappa shape index (κ1) is 12.0. The third-order valence-electron chi connectivity index (χ3n) is 2.56. The summed E-state index contributed by atoms with van der Waals surface area (Å²) >= 11 is 1.55. The SMILES string of the molecule is CCCCNc1nnc(-c2cc(C)n(C)n2)s1. The lowest BCUT2D eigenvalue weighted by atomic mass is 10.3. The van der Waals surface area contributed by atoms with E-state index < -0.39 is 0 Å². The Balaban J connectivity index is 2.07. The van der Waals surface area contributed by atoms with Crippen LogP contribution < -0.4 is 5.32 Å². The van der Waals surface area contributed by atoms with Crippen LogP contribution in [-0.2, 0) is 7.05 Å². The zero-order chi connectivity index (χ0) is 12.3. The van der Waals surface area contributed by atoms with Crippen LogP contribution in [0.5, 0.6) is 0 Å². The molecule has 17 heavy (non-hydrogen) atoms. The van der Waals surface area contributed by atoms with Crippen LogP contribution in [0.25, 0.3) is 10.7 Å². The number of anilines is 1. The van der Waals surface area contributed by atoms with Gasteiger partial charge < -0.3 is 5.32 Å². The quantitative estimate of drug-likeness (QED) is 0.829. The van der Waals surface area contributed by atoms with Crippen LogP contribution in [0.1, 0.15) is 25.5 Å². The van der Waals surface area contributed by atoms with Gasteiger partial charge in [-0.3, -0.25) is 4.68 Å². The monoisotopic (exact) mass is 251 g/mol. The molecule has 0 aromatic carbocycles. The molecule has 2 aromatic heterocycles. The van der Waals surface area contributed by atoms with Crippen molar-refractivity contribution in [3.8, 4) is 10.7 Å². The van der Waals surface area contributed by atoms with E-state index in [1.165, 1.54) is 6.42 Å². The van der Waals surface area contributed by atoms with Crippen molar-refractivity contribution in [3.05, 3.63) is 11.8 Å². The van der Waals surface area contributed by atoms with E-state index in [0.29, 0.717) is 0 Å². The summed E-state index contributed by atoms with van der Waals surface area (Å²) in [6, 6.07) is 2.02. The molecule has 2 aromatic rings. The van der Waals surface area contributed by atoms with Gasteiger partial charge in [-0.1, -0.05) is 24.7 Å². The molecule has 5 nitrogen and oxygen atoms in total. The van der Waals surface area contributed by atoms with E-state index in [4.69, 9.17) is 0 Å². The lowest BCUT2D eigenvalue weighted by Gasteiger charge is -1.97. The predicted molar refractivity (Wildman–Crippen MR) is 70.2 cm³/mol. The van der Waals surface area contributed by atoms with Gasteiger partial charge in [0.1, 0.15) is 5.69 Å². The zero-order valence-electron chi connectivity index (χ0n) is 10.4. The summed E-state index contributed by atoms with van der Waals surface area (Å²) in [5, 5.41) is 17.7. The summed E-state index contributed by atoms with van der Waals surface area (Å²) in [6.45, 7) is 5.15. The number of nitrogens with one attached hydrogen (secondary N) is 1. The van der Waals surface area contributed by atoms with Crippen molar-refractivity contribution >= 4 is 16.5 Å². The molecule has 1 N–H and O–H groups in total. The predicted octanol–water partition coefficient (Wildman–Crippen LogP) is 2.46. The van der Waals surface area contributed by atoms with Crippen LogP contribution >= 0.6 is 11.3 Å². The van der Waals surface area contributed by atoms with Crippen LogP contribution in [0.3, 0.4) is 0 Å². The Morgan fingerprint density at radius 1 is 1.41 bits per heavy atom. The van der Waals surface area contributed by atoms with Gasteiger partial charge in [-0.15, -0.1) is 10.2 Å². The molecule has 0 unspecified atom stereocenters. The van der Waals surface area contributed by atoms with Gasteiger partial charge in [-0.05, 0) is 19.4 Å². The fraction of sp³-hybridized carbons (Fsp3) is 0.545. The lowest BCUT2D eigenvalue weighted by molar-refractivity contribution is 0.742. The van der Waals surface area contributed by atoms with E-state index in [2.05, 4.69) is 27.5 Å². The molecule has 0 radical (unpaired) electrons. The second-order valence-electron chi connectivity index (χ2n) is 3.99. The van der Waals surface area contributed by atoms with Gasteiger partial charge in [0.05, 0.1) is 0 Å². The fourth-order valence-electron chi connectivity index (χ4n) is 1.44. The molecule has 2 heterocycles. The van der Waals surface area contributed by atoms with E-state index in [0.717, 1.165) is 34.5 Å². The molecule has 0 saturated carbocycles. The maximum atomic E-state index is 4.39. The van der Waals surface area contributed by atoms with Crippen LogP contribution in [0.15, 0.2) is 6.07 Å². The van der Waals surface area contributed by atoms with Gasteiger partial charge >= 0.3 is 0 Å². The van der Waals surface area contributed by atoms with Crippen LogP contribution in [0.2, 0.25) is 0 Å². The minimum absolute atomic E-state index is 0.868. The van der Waals surface area contributed by atoms with E-state index in [1.807, 2.05) is 24.7 Å². The minimum Gasteiger partial charge on any atom is -0.360 e. The van der Waals surface area contributed by atoms with Crippen molar-refractivity contribution in [1.29, 1.82) is 0 Å². The molecule has 0 aliphatic rings. The summed E-state index contributed by atoms with van der Waals surface area (Å²) in [5.41, 5.74) is 2.02. The van der Waals surface area contributed by atoms with Gasteiger partial charge in [-0.2, -0.15) is 5.10 Å². The topological polar surface area (TPSA) is 55.6 Å². The van der Waals surface area contributed by atoms with Gasteiger partial charge in [-0.25, -0.2) is 0 Å². The van der Waals surface area contributed by atoms with E-state index in [-0.39, 0.29) is 0 Å². The summed E-state index contributed by atoms with van der Waals surface area (Å²) in [4.78, 5) is 0. The maximum Gasteiger partial charge on any atom is 0.206 e. The smallest absolute Gasteiger partial charge is 0.206 e. The molecule has 0 aliphatic heterocycles. The third-order valence-corrected chi connectivity index (χ3v) is 3.47. The second kappa shape index (κ2) is 5.27. The normalized spacial score (nSPS) is 10.8. The van der Waals surface area contributed by atoms with Crippen molar-refractivity contribution < 1.29 is 0 Å². The molecule has 0 spiro atoms. The first-order valence-corrected chi connectivity index (χ1v) is 6.60. The van der Waals surface area contributed by atoms with E-state index in [1.54, 1.807) is 11.3 Å². The fourth-order valence-corrected chi connectivity index (χ4v) is 2.16. The first-order valence-electron chi connectivity index (χ1n) is 5.79. The highest BCUT2D eigenvalue weighted by molar-refractivity contribution is 7.18. The van der Waals surface area contributed by atoms with Crippen molar-refractivity contribution in [2.75, 3.05) is 11.9 Å². The maximum absolute atomic E-state index is 4.39. The van der Waals surface area contributed by atoms with E-state index in [9.17, 15) is 0 Å². The molecule has 0 fully saturated rings. The number of nitrogens with zero attached hydrogens (tertiary/aromatic N) is 4. The van der Waals surface area contributed by atoms with Gasteiger partial charge in [0.25, 0.3) is 0 Å². The van der Waals surface area contributed by atoms with Crippen molar-refractivity contribution in [2.24, 2.45) is 7.05 Å². The third kappa shape index (κ3) is 2.82. The molecule has 2 rings (SSSR count). The number of rotatable bonds is 5. The summed E-state index contributed by atoms with van der Waals surface area (Å²) in [5.74, 6) is 0. The zero-order valence-corrected chi connectivity index (χ0v) is 11.2. The van der Waals surface area contributed by atoms with Gasteiger partial charge in [0.15, 0.2) is 5.01 Å². The molecule has 0 amide bonds. The Kier molecular flexibility index (Phi) is 3.73. The molecular formula is C11H17N5S. The Bertz CT molecular complexity index is 468. The van der Waals surface area contributed by atoms with Crippen molar-refractivity contribution in [1.82, 2.24) is 20.0 Å². The highest BCUT2D eigenvalue weighted by Gasteiger charge is 2.10. The Hall–Kier alpha value is -1.43. The van der Waals surface area contributed by atoms with Crippen molar-refractivity contribution in [3.63, 3.8) is 0 Å². The Labute approximate surface area is 105 Å². The van der Waals surface area contributed by atoms with Crippen molar-refractivity contribution in [2.45, 2.75) is 26.7 Å². The number of unbranched alkanes of at least 4 members (excludes halogenated alkanes) is 1. The molecule has 0 bridgehead atoms. The minimum atomic E-state index is 0.868. The highest BCUT2D eigenvalue weighted by Crippen LogP contribution is 2.25. The first-order chi connectivity index (χ1) is 8.20. The van der Waals surface area contributed by atoms with Crippen LogP contribution in [-0.4, -0.2) is 26.5 Å². The number of hydrogen-bond donors (Lipinski definition) is 1. The molecule has 92 valence electrons. The van der Waals surface area contributed by atoms with Gasteiger partial charge in [0, 0.05) is 19.3 Å². The summed E-state index contributed by atoms with van der Waals surface area (Å²) in [6.07, 6.45) is 2.33. The standard InChI is InChI=1S/C11H17N5S/c1-4-5-6-12-11-14-13-10(17-11)9-7-8(2)16(3)15-9/h7H,4-6H2,1-3H3,(H,12,14). The van der Waals surface area contributed by atoms with Crippen LogP contribution in [0.4, 0.5) is 5.13 Å². The molecule has 6 heteroatoms. The van der Waals surface area contributed by atoms with Crippen LogP contribution in [0, 0.1) is 6.92 Å². The number of aryl methyl sites for hydroxylation is 2. The average molecular weight is 251 g/mol. The Morgan fingerprint density at radius 3 is 2.88 bits per heavy atom. The highest BCUT2D eigenvalue weighted by atomic mass is 32.1. The molecule has 0 saturated heterocycles. The average Bonchev–Trinajstić information content (AvgIpc) is 2.88. The lowest BCUT2D eigenvalue weighted by Crippen LogP contribution is -1.99. The second-order valence-corrected chi connectivity index (χ2v) is 4.96. The molecule has 0 aliphatic carbocycles. The summed E-state index contributed by atoms with van der Waals surface area (Å²) in [7, 11) is 1.93. The largest absolute Gasteiger partial charge is 0.360 e.